The van der Waals surface area contributed by atoms with Gasteiger partial charge in [0.2, 0.25) is 0 Å². The Morgan fingerprint density at radius 3 is 0.720 bits per heavy atom. The van der Waals surface area contributed by atoms with Gasteiger partial charge >= 0.3 is 0 Å². The second kappa shape index (κ2) is 33.4. The van der Waals surface area contributed by atoms with Crippen LogP contribution in [0.1, 0.15) is 0 Å². The summed E-state index contributed by atoms with van der Waals surface area (Å²) in [4.78, 5) is 0. The molecule has 0 atom stereocenters. The molecule has 28 aromatic rings. The Kier molecular flexibility index (Phi) is 19.9. The van der Waals surface area contributed by atoms with E-state index in [4.69, 9.17) is 0 Å². The highest BCUT2D eigenvalue weighted by atomic mass is 32.1. The molecule has 0 bridgehead atoms. The summed E-state index contributed by atoms with van der Waals surface area (Å²) in [6, 6.07) is 177. The molecule has 132 heavy (non-hydrogen) atoms. The summed E-state index contributed by atoms with van der Waals surface area (Å²) >= 11 is 7.54. The highest BCUT2D eigenvalue weighted by molar-refractivity contribution is 7.27. The number of rotatable bonds is 8. The van der Waals surface area contributed by atoms with Crippen LogP contribution in [0.5, 0.6) is 0 Å². The van der Waals surface area contributed by atoms with Crippen molar-refractivity contribution >= 4 is 212 Å². The molecule has 4 heteroatoms. The third-order valence-corrected chi connectivity index (χ3v) is 31.3. The molecule has 0 saturated heterocycles. The van der Waals surface area contributed by atoms with E-state index in [1.54, 1.807) is 0 Å². The second-order valence-corrected chi connectivity index (χ2v) is 38.3. The van der Waals surface area contributed by atoms with Crippen LogP contribution in [0.25, 0.3) is 256 Å². The van der Waals surface area contributed by atoms with Gasteiger partial charge in [0.05, 0.1) is 0 Å². The standard InChI is InChI=1S/4C32H20S/c1-2-11-21(12-3-1)30-23-14-4-6-16-25(23)31(26-17-7-5-15-24(26)30)28-19-10-18-27-22-13-8-9-20-29(22)33-32(27)28;1-2-11-21(12-3-1)30-22-13-4-6-15-24(22)31(25-16-7-5-14-23(25)30)27-18-10-20-29-32(27)26-17-8-9-19-28(26)33-29;1-2-10-21(11-3-1)31-25-13-4-6-15-27(25)32(28-16-7-5-14-26(28)31)22-18-19-24-23-12-8-9-17-29(23)33-30(24)20-22;1-2-10-21(11-3-1)31-24-13-4-6-15-26(24)32(27-16-7-5-14-25(27)31)22-18-19-30-28(20-22)23-12-8-9-17-29(23)33-30/h4*1-20H. The third-order valence-electron chi connectivity index (χ3n) is 26.7. The zero-order valence-corrected chi connectivity index (χ0v) is 75.1. The normalized spacial score (nSPS) is 11.6. The van der Waals surface area contributed by atoms with Crippen molar-refractivity contribution in [3.05, 3.63) is 485 Å². The molecule has 4 aromatic heterocycles. The maximum absolute atomic E-state index is 2.39. The Morgan fingerprint density at radius 2 is 0.333 bits per heavy atom. The maximum Gasteiger partial charge on any atom is 0.0434 e. The number of benzene rings is 24. The molecular formula is C128H80S4. The van der Waals surface area contributed by atoms with Gasteiger partial charge in [-0.3, -0.25) is 0 Å². The molecule has 0 nitrogen and oxygen atoms in total. The van der Waals surface area contributed by atoms with Gasteiger partial charge in [-0.15, -0.1) is 45.3 Å². The van der Waals surface area contributed by atoms with Crippen molar-refractivity contribution in [2.45, 2.75) is 0 Å². The van der Waals surface area contributed by atoms with Gasteiger partial charge in [-0.2, -0.15) is 0 Å². The van der Waals surface area contributed by atoms with Gasteiger partial charge in [0, 0.05) is 86.3 Å². The molecule has 0 amide bonds. The average molecular weight is 1750 g/mol. The topological polar surface area (TPSA) is 0 Å². The molecule has 0 N–H and O–H groups in total. The van der Waals surface area contributed by atoms with Gasteiger partial charge in [-0.05, 0) is 218 Å². The van der Waals surface area contributed by atoms with Gasteiger partial charge in [-0.25, -0.2) is 0 Å². The SMILES string of the molecule is c1ccc(-c2c3ccccc3c(-c3ccc4c(c3)sc3ccccc34)c3ccccc23)cc1.c1ccc(-c2c3ccccc3c(-c3ccc4sc5ccccc5c4c3)c3ccccc23)cc1.c1ccc(-c2c3ccccc3c(-c3cccc4c3sc3ccccc34)c3ccccc23)cc1.c1ccc(-c2c3ccccc3c(-c3cccc4sc5ccccc5c34)c3ccccc23)cc1. The van der Waals surface area contributed by atoms with E-state index in [2.05, 4.69) is 485 Å². The summed E-state index contributed by atoms with van der Waals surface area (Å²) in [7, 11) is 0. The lowest BCUT2D eigenvalue weighted by atomic mass is 9.85. The van der Waals surface area contributed by atoms with Crippen molar-refractivity contribution in [1.82, 2.24) is 0 Å². The predicted molar refractivity (Wildman–Crippen MR) is 581 cm³/mol. The molecule has 0 spiro atoms. The van der Waals surface area contributed by atoms with Gasteiger partial charge in [-0.1, -0.05) is 437 Å². The molecule has 0 aliphatic rings. The van der Waals surface area contributed by atoms with E-state index in [1.165, 1.54) is 256 Å². The van der Waals surface area contributed by atoms with E-state index >= 15 is 0 Å². The molecule has 0 fully saturated rings. The molecule has 616 valence electrons. The molecule has 0 aliphatic heterocycles. The van der Waals surface area contributed by atoms with Crippen LogP contribution < -0.4 is 0 Å². The van der Waals surface area contributed by atoms with Crippen LogP contribution in [0.2, 0.25) is 0 Å². The second-order valence-electron chi connectivity index (χ2n) is 34.0. The maximum atomic E-state index is 2.39. The molecule has 0 unspecified atom stereocenters. The van der Waals surface area contributed by atoms with Gasteiger partial charge in [0.1, 0.15) is 0 Å². The Hall–Kier alpha value is -15.8. The molecule has 0 aliphatic carbocycles. The predicted octanol–water partition coefficient (Wildman–Crippen LogP) is 38.8. The van der Waals surface area contributed by atoms with Crippen molar-refractivity contribution in [2.24, 2.45) is 0 Å². The summed E-state index contributed by atoms with van der Waals surface area (Å²) in [5, 5.41) is 31.6. The smallest absolute Gasteiger partial charge is 0.0434 e. The molecule has 4 heterocycles. The first kappa shape index (κ1) is 78.5. The summed E-state index contributed by atoms with van der Waals surface area (Å²) in [6.07, 6.45) is 0. The first-order valence-corrected chi connectivity index (χ1v) is 48.4. The third kappa shape index (κ3) is 13.4. The fourth-order valence-electron chi connectivity index (χ4n) is 21.1. The van der Waals surface area contributed by atoms with E-state index < -0.39 is 0 Å². The lowest BCUT2D eigenvalue weighted by molar-refractivity contribution is 1.66. The van der Waals surface area contributed by atoms with Crippen LogP contribution >= 0.6 is 45.3 Å². The first-order chi connectivity index (χ1) is 65.6. The van der Waals surface area contributed by atoms with Crippen molar-refractivity contribution in [3.63, 3.8) is 0 Å². The number of hydrogen-bond acceptors (Lipinski definition) is 4. The summed E-state index contributed by atoms with van der Waals surface area (Å²) in [6.45, 7) is 0. The van der Waals surface area contributed by atoms with Gasteiger partial charge < -0.3 is 0 Å². The fraction of sp³-hybridized carbons (Fsp3) is 0. The van der Waals surface area contributed by atoms with Crippen molar-refractivity contribution in [2.75, 3.05) is 0 Å². The number of fused-ring (bicyclic) bond motifs is 20. The average Bonchev–Trinajstić information content (AvgIpc) is 1.37. The van der Waals surface area contributed by atoms with Crippen LogP contribution in [0.3, 0.4) is 0 Å². The Morgan fingerprint density at radius 1 is 0.106 bits per heavy atom. The van der Waals surface area contributed by atoms with Crippen LogP contribution in [-0.2, 0) is 0 Å². The summed E-state index contributed by atoms with van der Waals surface area (Å²) in [5.74, 6) is 0. The number of thiophene rings is 4. The van der Waals surface area contributed by atoms with Crippen LogP contribution in [0, 0.1) is 0 Å². The van der Waals surface area contributed by atoms with Crippen molar-refractivity contribution in [3.8, 4) is 89.0 Å². The Labute approximate surface area is 780 Å². The van der Waals surface area contributed by atoms with Crippen LogP contribution in [0.4, 0.5) is 0 Å². The molecule has 28 rings (SSSR count). The molecule has 0 saturated carbocycles. The van der Waals surface area contributed by atoms with E-state index in [9.17, 15) is 0 Å². The minimum absolute atomic E-state index is 1.26. The van der Waals surface area contributed by atoms with Crippen LogP contribution in [0.15, 0.2) is 485 Å². The van der Waals surface area contributed by atoms with Gasteiger partial charge in [0.25, 0.3) is 0 Å². The van der Waals surface area contributed by atoms with Crippen molar-refractivity contribution < 1.29 is 0 Å². The minimum atomic E-state index is 1.26. The highest BCUT2D eigenvalue weighted by Gasteiger charge is 2.25. The van der Waals surface area contributed by atoms with E-state index in [-0.39, 0.29) is 0 Å². The van der Waals surface area contributed by atoms with Crippen molar-refractivity contribution in [1.29, 1.82) is 0 Å². The monoisotopic (exact) mass is 1740 g/mol. The first-order valence-electron chi connectivity index (χ1n) is 45.2. The zero-order valence-electron chi connectivity index (χ0n) is 71.8. The fourth-order valence-corrected chi connectivity index (χ4v) is 25.7. The largest absolute Gasteiger partial charge is 0.135 e. The van der Waals surface area contributed by atoms with Crippen LogP contribution in [-0.4, -0.2) is 0 Å². The van der Waals surface area contributed by atoms with E-state index in [0.717, 1.165) is 0 Å². The lowest BCUT2D eigenvalue weighted by Crippen LogP contribution is -1.91. The Balaban J connectivity index is 0.0000000945. The molecular weight excluding hydrogens is 1670 g/mol. The quantitative estimate of drug-likeness (QED) is 0.133. The summed E-state index contributed by atoms with van der Waals surface area (Å²) in [5.41, 5.74) is 20.8. The highest BCUT2D eigenvalue weighted by Crippen LogP contribution is 2.53. The number of hydrogen-bond donors (Lipinski definition) is 0. The molecule has 0 radical (unpaired) electrons. The zero-order chi connectivity index (χ0) is 87.1. The Bertz CT molecular complexity index is 9120. The summed E-state index contributed by atoms with van der Waals surface area (Å²) < 4.78 is 10.8. The van der Waals surface area contributed by atoms with E-state index in [0.29, 0.717) is 0 Å². The van der Waals surface area contributed by atoms with Gasteiger partial charge in [0.15, 0.2) is 0 Å². The lowest BCUT2D eigenvalue weighted by Gasteiger charge is -2.18. The minimum Gasteiger partial charge on any atom is -0.135 e. The van der Waals surface area contributed by atoms with E-state index in [1.807, 2.05) is 45.3 Å². The molecule has 24 aromatic carbocycles.